The summed E-state index contributed by atoms with van der Waals surface area (Å²) in [5.41, 5.74) is -0.660. The van der Waals surface area contributed by atoms with Gasteiger partial charge in [-0.2, -0.15) is 0 Å². The van der Waals surface area contributed by atoms with Crippen LogP contribution in [0, 0.1) is 5.92 Å². The van der Waals surface area contributed by atoms with E-state index < -0.39 is 29.4 Å². The fourth-order valence-corrected chi connectivity index (χ4v) is 2.10. The molecule has 0 saturated carbocycles. The summed E-state index contributed by atoms with van der Waals surface area (Å²) in [5, 5.41) is 2.16. The van der Waals surface area contributed by atoms with E-state index in [1.54, 1.807) is 0 Å². The predicted octanol–water partition coefficient (Wildman–Crippen LogP) is -0.494. The first kappa shape index (κ1) is 13.0. The molecular weight excluding hydrogens is 240 g/mol. The number of imide groups is 2. The fraction of sp³-hybridized carbons (Fsp3) is 0.727. The van der Waals surface area contributed by atoms with Crippen molar-refractivity contribution in [1.82, 2.24) is 10.2 Å². The number of ether oxygens (including phenoxy) is 2. The van der Waals surface area contributed by atoms with Gasteiger partial charge < -0.3 is 9.47 Å². The summed E-state index contributed by atoms with van der Waals surface area (Å²) in [4.78, 5) is 36.0. The van der Waals surface area contributed by atoms with Gasteiger partial charge in [0.2, 0.25) is 11.8 Å². The maximum absolute atomic E-state index is 11.9. The number of nitrogens with one attached hydrogen (secondary N) is 1. The number of carbonyl (C=O) groups excluding carboxylic acids is 3. The van der Waals surface area contributed by atoms with E-state index in [2.05, 4.69) is 5.32 Å². The van der Waals surface area contributed by atoms with E-state index in [0.29, 0.717) is 19.6 Å². The van der Waals surface area contributed by atoms with E-state index in [9.17, 15) is 14.4 Å². The van der Waals surface area contributed by atoms with Crippen molar-refractivity contribution in [3.05, 3.63) is 0 Å². The van der Waals surface area contributed by atoms with Gasteiger partial charge in [-0.25, -0.2) is 4.79 Å². The van der Waals surface area contributed by atoms with Crippen molar-refractivity contribution >= 4 is 17.8 Å². The van der Waals surface area contributed by atoms with Crippen LogP contribution in [-0.2, 0) is 19.1 Å². The molecule has 0 spiro atoms. The second-order valence-electron chi connectivity index (χ2n) is 4.63. The van der Waals surface area contributed by atoms with E-state index in [4.69, 9.17) is 9.47 Å². The van der Waals surface area contributed by atoms with Crippen LogP contribution in [0.5, 0.6) is 0 Å². The molecule has 7 heteroatoms. The smallest absolute Gasteiger partial charge is 0.330 e. The second kappa shape index (κ2) is 4.66. The Morgan fingerprint density at radius 1 is 1.50 bits per heavy atom. The standard InChI is InChI=1S/C11H16N2O5/c1-7-8(14)12-10(16)13(9(7)15)5-11(17-2)3-4-18-6-11/h7H,3-6H2,1-2H3,(H,12,14,16). The maximum Gasteiger partial charge on any atom is 0.330 e. The Morgan fingerprint density at radius 2 is 2.22 bits per heavy atom. The molecule has 2 fully saturated rings. The predicted molar refractivity (Wildman–Crippen MR) is 59.6 cm³/mol. The molecule has 2 aliphatic rings. The van der Waals surface area contributed by atoms with Gasteiger partial charge in [0.15, 0.2) is 0 Å². The van der Waals surface area contributed by atoms with Gasteiger partial charge in [-0.05, 0) is 6.92 Å². The number of carbonyl (C=O) groups is 3. The molecule has 18 heavy (non-hydrogen) atoms. The Labute approximate surface area is 104 Å². The van der Waals surface area contributed by atoms with Crippen LogP contribution >= 0.6 is 0 Å². The van der Waals surface area contributed by atoms with Crippen molar-refractivity contribution < 1.29 is 23.9 Å². The first-order valence-electron chi connectivity index (χ1n) is 5.78. The van der Waals surface area contributed by atoms with Crippen LogP contribution in [0.1, 0.15) is 13.3 Å². The molecule has 100 valence electrons. The lowest BCUT2D eigenvalue weighted by atomic mass is 10.00. The van der Waals surface area contributed by atoms with Crippen LogP contribution in [0.15, 0.2) is 0 Å². The highest BCUT2D eigenvalue weighted by Crippen LogP contribution is 2.25. The third-order valence-corrected chi connectivity index (χ3v) is 3.45. The Bertz CT molecular complexity index is 389. The number of barbiturate groups is 1. The van der Waals surface area contributed by atoms with Crippen molar-refractivity contribution in [2.45, 2.75) is 18.9 Å². The van der Waals surface area contributed by atoms with E-state index in [0.717, 1.165) is 4.90 Å². The summed E-state index contributed by atoms with van der Waals surface area (Å²) in [6.07, 6.45) is 0.614. The van der Waals surface area contributed by atoms with E-state index in [1.807, 2.05) is 0 Å². The van der Waals surface area contributed by atoms with Crippen molar-refractivity contribution in [2.75, 3.05) is 26.9 Å². The molecule has 0 aliphatic carbocycles. The normalized spacial score (nSPS) is 32.9. The van der Waals surface area contributed by atoms with Crippen LogP contribution in [0.4, 0.5) is 4.79 Å². The first-order chi connectivity index (χ1) is 8.49. The molecule has 0 aromatic heterocycles. The quantitative estimate of drug-likeness (QED) is 0.688. The average molecular weight is 256 g/mol. The fourth-order valence-electron chi connectivity index (χ4n) is 2.10. The Kier molecular flexibility index (Phi) is 3.36. The zero-order chi connectivity index (χ0) is 13.3. The van der Waals surface area contributed by atoms with Crippen LogP contribution in [0.25, 0.3) is 0 Å². The largest absolute Gasteiger partial charge is 0.378 e. The number of urea groups is 1. The lowest BCUT2D eigenvalue weighted by Crippen LogP contribution is -2.61. The third-order valence-electron chi connectivity index (χ3n) is 3.45. The summed E-state index contributed by atoms with van der Waals surface area (Å²) in [5.74, 6) is -1.90. The summed E-state index contributed by atoms with van der Waals surface area (Å²) in [6.45, 7) is 2.45. The van der Waals surface area contributed by atoms with E-state index in [-0.39, 0.29) is 6.54 Å². The molecule has 0 aromatic carbocycles. The summed E-state index contributed by atoms with van der Waals surface area (Å²) >= 11 is 0. The second-order valence-corrected chi connectivity index (χ2v) is 4.63. The number of hydrogen-bond donors (Lipinski definition) is 1. The van der Waals surface area contributed by atoms with E-state index in [1.165, 1.54) is 14.0 Å². The summed E-state index contributed by atoms with van der Waals surface area (Å²) in [7, 11) is 1.52. The molecule has 2 atom stereocenters. The van der Waals surface area contributed by atoms with Gasteiger partial charge in [-0.15, -0.1) is 0 Å². The lowest BCUT2D eigenvalue weighted by molar-refractivity contribution is -0.144. The van der Waals surface area contributed by atoms with Crippen LogP contribution < -0.4 is 5.32 Å². The van der Waals surface area contributed by atoms with Gasteiger partial charge >= 0.3 is 6.03 Å². The Hall–Kier alpha value is -1.47. The van der Waals surface area contributed by atoms with Gasteiger partial charge in [0, 0.05) is 20.1 Å². The van der Waals surface area contributed by atoms with Crippen molar-refractivity contribution in [3.8, 4) is 0 Å². The Balaban J connectivity index is 2.14. The van der Waals surface area contributed by atoms with Gasteiger partial charge in [-0.3, -0.25) is 19.8 Å². The highest BCUT2D eigenvalue weighted by molar-refractivity contribution is 6.15. The minimum absolute atomic E-state index is 0.103. The molecule has 0 radical (unpaired) electrons. The van der Waals surface area contributed by atoms with Gasteiger partial charge in [0.05, 0.1) is 13.2 Å². The number of methoxy groups -OCH3 is 1. The zero-order valence-corrected chi connectivity index (χ0v) is 10.4. The van der Waals surface area contributed by atoms with Crippen molar-refractivity contribution in [3.63, 3.8) is 0 Å². The Morgan fingerprint density at radius 3 is 2.78 bits per heavy atom. The van der Waals surface area contributed by atoms with Crippen LogP contribution in [-0.4, -0.2) is 55.2 Å². The van der Waals surface area contributed by atoms with Crippen molar-refractivity contribution in [1.29, 1.82) is 0 Å². The SMILES string of the molecule is COC1(CN2C(=O)NC(=O)C(C)C2=O)CCOC1. The van der Waals surface area contributed by atoms with E-state index >= 15 is 0 Å². The molecule has 2 saturated heterocycles. The molecule has 1 N–H and O–H groups in total. The number of hydrogen-bond acceptors (Lipinski definition) is 5. The minimum Gasteiger partial charge on any atom is -0.378 e. The van der Waals surface area contributed by atoms with Crippen LogP contribution in [0.2, 0.25) is 0 Å². The molecule has 2 unspecified atom stereocenters. The van der Waals surface area contributed by atoms with Gasteiger partial charge in [0.1, 0.15) is 11.5 Å². The monoisotopic (exact) mass is 256 g/mol. The number of rotatable bonds is 3. The molecule has 2 rings (SSSR count). The highest BCUT2D eigenvalue weighted by atomic mass is 16.5. The molecule has 2 aliphatic heterocycles. The molecule has 4 amide bonds. The van der Waals surface area contributed by atoms with Crippen LogP contribution in [0.3, 0.4) is 0 Å². The highest BCUT2D eigenvalue weighted by Gasteiger charge is 2.44. The average Bonchev–Trinajstić information content (AvgIpc) is 2.81. The lowest BCUT2D eigenvalue weighted by Gasteiger charge is -2.35. The summed E-state index contributed by atoms with van der Waals surface area (Å²) < 4.78 is 10.6. The minimum atomic E-state index is -0.848. The molecule has 7 nitrogen and oxygen atoms in total. The zero-order valence-electron chi connectivity index (χ0n) is 10.4. The molecular formula is C11H16N2O5. The molecule has 2 heterocycles. The van der Waals surface area contributed by atoms with Gasteiger partial charge in [-0.1, -0.05) is 0 Å². The molecule has 0 bridgehead atoms. The van der Waals surface area contributed by atoms with Gasteiger partial charge in [0.25, 0.3) is 0 Å². The van der Waals surface area contributed by atoms with Crippen molar-refractivity contribution in [2.24, 2.45) is 5.92 Å². The first-order valence-corrected chi connectivity index (χ1v) is 5.78. The topological polar surface area (TPSA) is 84.9 Å². The number of amides is 4. The third kappa shape index (κ3) is 2.11. The summed E-state index contributed by atoms with van der Waals surface area (Å²) in [6, 6.07) is -0.688. The molecule has 0 aromatic rings. The number of nitrogens with zero attached hydrogens (tertiary/aromatic N) is 1. The maximum atomic E-state index is 11.9.